The highest BCUT2D eigenvalue weighted by atomic mass is 15.4. The van der Waals surface area contributed by atoms with Gasteiger partial charge in [0.1, 0.15) is 0 Å². The number of nitrogen functional groups attached to an aromatic ring is 1. The summed E-state index contributed by atoms with van der Waals surface area (Å²) in [4.78, 5) is 6.43. The Morgan fingerprint density at radius 3 is 3.07 bits per heavy atom. The quantitative estimate of drug-likeness (QED) is 0.742. The second-order valence-corrected chi connectivity index (χ2v) is 3.77. The summed E-state index contributed by atoms with van der Waals surface area (Å²) in [5.74, 6) is 1.16. The number of nitrogens with zero attached hydrogens (tertiary/aromatic N) is 3. The summed E-state index contributed by atoms with van der Waals surface area (Å²) in [7, 11) is 0. The molecule has 1 fully saturated rings. The van der Waals surface area contributed by atoms with Gasteiger partial charge in [0.05, 0.1) is 0 Å². The predicted molar refractivity (Wildman–Crippen MR) is 56.1 cm³/mol. The van der Waals surface area contributed by atoms with E-state index in [9.17, 15) is 0 Å². The highest BCUT2D eigenvalue weighted by molar-refractivity contribution is 5.35. The average molecular weight is 195 g/mol. The minimum absolute atomic E-state index is 0.403. The van der Waals surface area contributed by atoms with Gasteiger partial charge in [-0.25, -0.2) is 5.10 Å². The normalized spacial score (nSPS) is 22.6. The van der Waals surface area contributed by atoms with Crippen LogP contribution in [0.15, 0.2) is 0 Å². The molecule has 0 aliphatic carbocycles. The molecule has 1 atom stereocenters. The SMILES string of the molecule is CCC1CCCCN1c1n[nH]c(N)n1. The lowest BCUT2D eigenvalue weighted by Crippen LogP contribution is -2.39. The van der Waals surface area contributed by atoms with Gasteiger partial charge < -0.3 is 10.6 Å². The molecule has 0 bridgehead atoms. The van der Waals surface area contributed by atoms with Gasteiger partial charge in [-0.15, -0.1) is 5.10 Å². The lowest BCUT2D eigenvalue weighted by molar-refractivity contribution is 0.443. The largest absolute Gasteiger partial charge is 0.368 e. The number of aromatic nitrogens is 3. The van der Waals surface area contributed by atoms with Gasteiger partial charge in [0, 0.05) is 12.6 Å². The van der Waals surface area contributed by atoms with Gasteiger partial charge in [-0.2, -0.15) is 4.98 Å². The molecule has 78 valence electrons. The molecular formula is C9H17N5. The topological polar surface area (TPSA) is 70.8 Å². The molecular weight excluding hydrogens is 178 g/mol. The van der Waals surface area contributed by atoms with Crippen LogP contribution in [-0.4, -0.2) is 27.8 Å². The zero-order valence-corrected chi connectivity index (χ0v) is 8.53. The highest BCUT2D eigenvalue weighted by Crippen LogP contribution is 2.23. The highest BCUT2D eigenvalue weighted by Gasteiger charge is 2.23. The van der Waals surface area contributed by atoms with Gasteiger partial charge in [-0.1, -0.05) is 6.92 Å². The first-order valence-corrected chi connectivity index (χ1v) is 5.25. The van der Waals surface area contributed by atoms with Crippen molar-refractivity contribution in [2.24, 2.45) is 0 Å². The minimum Gasteiger partial charge on any atom is -0.368 e. The smallest absolute Gasteiger partial charge is 0.246 e. The fraction of sp³-hybridized carbons (Fsp3) is 0.778. The lowest BCUT2D eigenvalue weighted by atomic mass is 10.0. The molecule has 5 nitrogen and oxygen atoms in total. The Morgan fingerprint density at radius 1 is 1.57 bits per heavy atom. The zero-order chi connectivity index (χ0) is 9.97. The predicted octanol–water partition coefficient (Wildman–Crippen LogP) is 1.16. The summed E-state index contributed by atoms with van der Waals surface area (Å²) in [5, 5.41) is 6.79. The Balaban J connectivity index is 2.14. The Hall–Kier alpha value is -1.26. The molecule has 1 aromatic rings. The molecule has 3 N–H and O–H groups in total. The molecule has 1 unspecified atom stereocenters. The van der Waals surface area contributed by atoms with Crippen LogP contribution in [-0.2, 0) is 0 Å². The van der Waals surface area contributed by atoms with E-state index in [1.54, 1.807) is 0 Å². The lowest BCUT2D eigenvalue weighted by Gasteiger charge is -2.34. The Bertz CT molecular complexity index is 295. The van der Waals surface area contributed by atoms with Gasteiger partial charge in [0.15, 0.2) is 0 Å². The van der Waals surface area contributed by atoms with Gasteiger partial charge >= 0.3 is 0 Å². The van der Waals surface area contributed by atoms with Crippen molar-refractivity contribution >= 4 is 11.9 Å². The zero-order valence-electron chi connectivity index (χ0n) is 8.53. The van der Waals surface area contributed by atoms with Crippen molar-refractivity contribution in [1.29, 1.82) is 0 Å². The Kier molecular flexibility index (Phi) is 2.56. The molecule has 14 heavy (non-hydrogen) atoms. The van der Waals surface area contributed by atoms with Crippen LogP contribution in [0.1, 0.15) is 32.6 Å². The van der Waals surface area contributed by atoms with Crippen LogP contribution in [0.5, 0.6) is 0 Å². The Labute approximate surface area is 83.7 Å². The van der Waals surface area contributed by atoms with Crippen LogP contribution in [0.25, 0.3) is 0 Å². The van der Waals surface area contributed by atoms with Crippen LogP contribution < -0.4 is 10.6 Å². The number of piperidine rings is 1. The maximum absolute atomic E-state index is 5.52. The van der Waals surface area contributed by atoms with Crippen molar-refractivity contribution in [3.05, 3.63) is 0 Å². The average Bonchev–Trinajstić information content (AvgIpc) is 2.65. The number of rotatable bonds is 2. The maximum Gasteiger partial charge on any atom is 0.246 e. The van der Waals surface area contributed by atoms with E-state index >= 15 is 0 Å². The summed E-state index contributed by atoms with van der Waals surface area (Å²) >= 11 is 0. The van der Waals surface area contributed by atoms with Gasteiger partial charge in [-0.05, 0) is 25.7 Å². The third kappa shape index (κ3) is 1.66. The minimum atomic E-state index is 0.403. The molecule has 1 aliphatic heterocycles. The monoisotopic (exact) mass is 195 g/mol. The molecule has 0 radical (unpaired) electrons. The van der Waals surface area contributed by atoms with E-state index in [0.717, 1.165) is 18.9 Å². The first-order chi connectivity index (χ1) is 6.81. The van der Waals surface area contributed by atoms with E-state index in [0.29, 0.717) is 12.0 Å². The maximum atomic E-state index is 5.52. The molecule has 2 rings (SSSR count). The number of anilines is 2. The third-order valence-electron chi connectivity index (χ3n) is 2.85. The van der Waals surface area contributed by atoms with Gasteiger partial charge in [0.25, 0.3) is 0 Å². The standard InChI is InChI=1S/C9H17N5/c1-2-7-5-3-4-6-14(7)9-11-8(10)12-13-9/h7H,2-6H2,1H3,(H3,10,11,12,13). The first kappa shape index (κ1) is 9.30. The van der Waals surface area contributed by atoms with Crippen LogP contribution in [0.4, 0.5) is 11.9 Å². The number of aromatic amines is 1. The van der Waals surface area contributed by atoms with Crippen LogP contribution in [0.3, 0.4) is 0 Å². The van der Waals surface area contributed by atoms with E-state index in [2.05, 4.69) is 27.0 Å². The molecule has 0 saturated carbocycles. The fourth-order valence-corrected chi connectivity index (χ4v) is 2.08. The first-order valence-electron chi connectivity index (χ1n) is 5.25. The summed E-state index contributed by atoms with van der Waals surface area (Å²) in [6.45, 7) is 3.26. The molecule has 2 heterocycles. The molecule has 5 heteroatoms. The van der Waals surface area contributed by atoms with Crippen molar-refractivity contribution in [1.82, 2.24) is 15.2 Å². The molecule has 0 spiro atoms. The van der Waals surface area contributed by atoms with Crippen molar-refractivity contribution in [2.45, 2.75) is 38.6 Å². The van der Waals surface area contributed by atoms with Gasteiger partial charge in [-0.3, -0.25) is 0 Å². The van der Waals surface area contributed by atoms with E-state index in [1.165, 1.54) is 19.3 Å². The van der Waals surface area contributed by atoms with Crippen molar-refractivity contribution in [3.63, 3.8) is 0 Å². The van der Waals surface area contributed by atoms with Crippen LogP contribution in [0.2, 0.25) is 0 Å². The van der Waals surface area contributed by atoms with Crippen molar-refractivity contribution < 1.29 is 0 Å². The molecule has 1 aromatic heterocycles. The van der Waals surface area contributed by atoms with E-state index < -0.39 is 0 Å². The third-order valence-corrected chi connectivity index (χ3v) is 2.85. The number of nitrogens with two attached hydrogens (primary N) is 1. The summed E-state index contributed by atoms with van der Waals surface area (Å²) < 4.78 is 0. The van der Waals surface area contributed by atoms with Crippen molar-refractivity contribution in [2.75, 3.05) is 17.2 Å². The molecule has 1 saturated heterocycles. The summed E-state index contributed by atoms with van der Waals surface area (Å²) in [6, 6.07) is 0.582. The van der Waals surface area contributed by atoms with E-state index in [1.807, 2.05) is 0 Å². The second-order valence-electron chi connectivity index (χ2n) is 3.77. The molecule has 1 aliphatic rings. The summed E-state index contributed by atoms with van der Waals surface area (Å²) in [6.07, 6.45) is 4.93. The number of hydrogen-bond acceptors (Lipinski definition) is 4. The fourth-order valence-electron chi connectivity index (χ4n) is 2.08. The number of nitrogens with one attached hydrogen (secondary N) is 1. The Morgan fingerprint density at radius 2 is 2.43 bits per heavy atom. The second kappa shape index (κ2) is 3.86. The van der Waals surface area contributed by atoms with Crippen molar-refractivity contribution in [3.8, 4) is 0 Å². The number of H-pyrrole nitrogens is 1. The summed E-state index contributed by atoms with van der Waals surface area (Å²) in [5.41, 5.74) is 5.52. The van der Waals surface area contributed by atoms with Crippen LogP contribution in [0, 0.1) is 0 Å². The van der Waals surface area contributed by atoms with Gasteiger partial charge in [0.2, 0.25) is 11.9 Å². The van der Waals surface area contributed by atoms with E-state index in [-0.39, 0.29) is 0 Å². The van der Waals surface area contributed by atoms with E-state index in [4.69, 9.17) is 5.73 Å². The molecule has 0 aromatic carbocycles. The van der Waals surface area contributed by atoms with Crippen LogP contribution >= 0.6 is 0 Å². The number of hydrogen-bond donors (Lipinski definition) is 2. The molecule has 0 amide bonds.